The van der Waals surface area contributed by atoms with E-state index in [-0.39, 0.29) is 6.04 Å². The van der Waals surface area contributed by atoms with Gasteiger partial charge in [0.25, 0.3) is 0 Å². The van der Waals surface area contributed by atoms with Gasteiger partial charge in [-0.25, -0.2) is 0 Å². The van der Waals surface area contributed by atoms with Gasteiger partial charge in [0, 0.05) is 18.3 Å². The molecule has 1 unspecified atom stereocenters. The van der Waals surface area contributed by atoms with Crippen LogP contribution in [-0.2, 0) is 6.42 Å². The number of hydrogen-bond acceptors (Lipinski definition) is 3. The fourth-order valence-electron chi connectivity index (χ4n) is 1.71. The lowest BCUT2D eigenvalue weighted by Crippen LogP contribution is -2.18. The predicted molar refractivity (Wildman–Crippen MR) is 63.2 cm³/mol. The number of aromatic nitrogens is 1. The highest BCUT2D eigenvalue weighted by Crippen LogP contribution is 2.19. The van der Waals surface area contributed by atoms with E-state index in [2.05, 4.69) is 10.3 Å². The van der Waals surface area contributed by atoms with Gasteiger partial charge in [-0.15, -0.1) is 0 Å². The minimum atomic E-state index is 0.184. The smallest absolute Gasteiger partial charge is 0.121 e. The van der Waals surface area contributed by atoms with E-state index >= 15 is 0 Å². The molecule has 0 aromatic carbocycles. The van der Waals surface area contributed by atoms with Crippen molar-refractivity contribution in [1.29, 1.82) is 0 Å². The first-order chi connectivity index (χ1) is 7.79. The highest BCUT2D eigenvalue weighted by molar-refractivity contribution is 5.13. The molecule has 2 heterocycles. The summed E-state index contributed by atoms with van der Waals surface area (Å²) in [6, 6.07) is 10.1. The van der Waals surface area contributed by atoms with E-state index in [4.69, 9.17) is 4.42 Å². The first-order valence-corrected chi connectivity index (χ1v) is 5.43. The first-order valence-electron chi connectivity index (χ1n) is 5.43. The average molecular weight is 216 g/mol. The van der Waals surface area contributed by atoms with Gasteiger partial charge in [0.1, 0.15) is 11.5 Å². The summed E-state index contributed by atoms with van der Waals surface area (Å²) >= 11 is 0. The summed E-state index contributed by atoms with van der Waals surface area (Å²) in [7, 11) is 1.94. The van der Waals surface area contributed by atoms with Crippen molar-refractivity contribution in [3.63, 3.8) is 0 Å². The minimum absolute atomic E-state index is 0.184. The van der Waals surface area contributed by atoms with E-state index in [1.807, 2.05) is 50.5 Å². The molecule has 3 nitrogen and oxygen atoms in total. The summed E-state index contributed by atoms with van der Waals surface area (Å²) in [6.45, 7) is 1.96. The molecule has 0 aliphatic carbocycles. The lowest BCUT2D eigenvalue weighted by atomic mass is 10.1. The van der Waals surface area contributed by atoms with E-state index in [9.17, 15) is 0 Å². The third-order valence-corrected chi connectivity index (χ3v) is 2.59. The van der Waals surface area contributed by atoms with Crippen LogP contribution in [0.4, 0.5) is 0 Å². The van der Waals surface area contributed by atoms with E-state index in [0.717, 1.165) is 23.6 Å². The van der Waals surface area contributed by atoms with Gasteiger partial charge >= 0.3 is 0 Å². The molecule has 0 saturated heterocycles. The van der Waals surface area contributed by atoms with Gasteiger partial charge in [0.15, 0.2) is 0 Å². The van der Waals surface area contributed by atoms with Crippen LogP contribution in [0.25, 0.3) is 0 Å². The van der Waals surface area contributed by atoms with Crippen LogP contribution in [0.3, 0.4) is 0 Å². The SMILES string of the molecule is CNC(Cc1ccccn1)c1ccc(C)o1. The quantitative estimate of drug-likeness (QED) is 0.853. The van der Waals surface area contributed by atoms with Crippen LogP contribution in [0.1, 0.15) is 23.3 Å². The van der Waals surface area contributed by atoms with Crippen molar-refractivity contribution in [3.8, 4) is 0 Å². The number of nitrogens with zero attached hydrogens (tertiary/aromatic N) is 1. The minimum Gasteiger partial charge on any atom is -0.465 e. The topological polar surface area (TPSA) is 38.1 Å². The molecule has 0 spiro atoms. The molecule has 3 heteroatoms. The van der Waals surface area contributed by atoms with Gasteiger partial charge in [-0.1, -0.05) is 6.07 Å². The van der Waals surface area contributed by atoms with Crippen molar-refractivity contribution in [1.82, 2.24) is 10.3 Å². The fourth-order valence-corrected chi connectivity index (χ4v) is 1.71. The van der Waals surface area contributed by atoms with Crippen molar-refractivity contribution in [2.75, 3.05) is 7.05 Å². The monoisotopic (exact) mass is 216 g/mol. The maximum absolute atomic E-state index is 5.62. The summed E-state index contributed by atoms with van der Waals surface area (Å²) in [6.07, 6.45) is 2.65. The third-order valence-electron chi connectivity index (χ3n) is 2.59. The zero-order valence-corrected chi connectivity index (χ0v) is 9.60. The number of likely N-dealkylation sites (N-methyl/N-ethyl adjacent to an activating group) is 1. The van der Waals surface area contributed by atoms with E-state index < -0.39 is 0 Å². The van der Waals surface area contributed by atoms with E-state index in [1.165, 1.54) is 0 Å². The predicted octanol–water partition coefficient (Wildman–Crippen LogP) is 2.49. The van der Waals surface area contributed by atoms with Crippen molar-refractivity contribution >= 4 is 0 Å². The first kappa shape index (κ1) is 10.9. The zero-order valence-electron chi connectivity index (χ0n) is 9.60. The summed E-state index contributed by atoms with van der Waals surface area (Å²) in [5.74, 6) is 1.90. The Kier molecular flexibility index (Phi) is 3.37. The van der Waals surface area contributed by atoms with E-state index in [1.54, 1.807) is 0 Å². The Hall–Kier alpha value is -1.61. The Labute approximate surface area is 95.5 Å². The molecule has 2 aromatic rings. The molecule has 0 amide bonds. The second-order valence-corrected chi connectivity index (χ2v) is 3.81. The van der Waals surface area contributed by atoms with Gasteiger partial charge in [-0.05, 0) is 38.2 Å². The molecule has 16 heavy (non-hydrogen) atoms. The van der Waals surface area contributed by atoms with Crippen LogP contribution in [0.5, 0.6) is 0 Å². The molecule has 1 atom stereocenters. The van der Waals surface area contributed by atoms with Crippen LogP contribution >= 0.6 is 0 Å². The number of nitrogens with one attached hydrogen (secondary N) is 1. The Balaban J connectivity index is 2.12. The van der Waals surface area contributed by atoms with Gasteiger partial charge < -0.3 is 9.73 Å². The molecule has 0 saturated carbocycles. The molecule has 84 valence electrons. The molecule has 2 aromatic heterocycles. The van der Waals surface area contributed by atoms with Crippen LogP contribution < -0.4 is 5.32 Å². The Bertz CT molecular complexity index is 436. The number of hydrogen-bond donors (Lipinski definition) is 1. The van der Waals surface area contributed by atoms with Crippen LogP contribution in [0.2, 0.25) is 0 Å². The molecular formula is C13H16N2O. The molecule has 0 fully saturated rings. The molecule has 2 rings (SSSR count). The lowest BCUT2D eigenvalue weighted by molar-refractivity contribution is 0.413. The van der Waals surface area contributed by atoms with Crippen LogP contribution in [0.15, 0.2) is 40.9 Å². The zero-order chi connectivity index (χ0) is 11.4. The van der Waals surface area contributed by atoms with Crippen molar-refractivity contribution in [2.24, 2.45) is 0 Å². The van der Waals surface area contributed by atoms with Gasteiger partial charge in [-0.2, -0.15) is 0 Å². The summed E-state index contributed by atoms with van der Waals surface area (Å²) in [5.41, 5.74) is 1.07. The maximum atomic E-state index is 5.62. The van der Waals surface area contributed by atoms with Crippen molar-refractivity contribution in [2.45, 2.75) is 19.4 Å². The normalized spacial score (nSPS) is 12.6. The summed E-state index contributed by atoms with van der Waals surface area (Å²) < 4.78 is 5.62. The standard InChI is InChI=1S/C13H16N2O/c1-10-6-7-13(16-10)12(14-2)9-11-5-3-4-8-15-11/h3-8,12,14H,9H2,1-2H3. The molecule has 0 aliphatic rings. The second kappa shape index (κ2) is 4.94. The molecule has 0 radical (unpaired) electrons. The highest BCUT2D eigenvalue weighted by atomic mass is 16.3. The number of furan rings is 1. The van der Waals surface area contributed by atoms with Crippen LogP contribution in [-0.4, -0.2) is 12.0 Å². The number of pyridine rings is 1. The number of aryl methyl sites for hydroxylation is 1. The van der Waals surface area contributed by atoms with Crippen LogP contribution in [0, 0.1) is 6.92 Å². The highest BCUT2D eigenvalue weighted by Gasteiger charge is 2.13. The van der Waals surface area contributed by atoms with Gasteiger partial charge in [0.05, 0.1) is 6.04 Å². The molecular weight excluding hydrogens is 200 g/mol. The van der Waals surface area contributed by atoms with Crippen molar-refractivity contribution < 1.29 is 4.42 Å². The fraction of sp³-hybridized carbons (Fsp3) is 0.308. The Morgan fingerprint density at radius 2 is 2.19 bits per heavy atom. The lowest BCUT2D eigenvalue weighted by Gasteiger charge is -2.12. The Morgan fingerprint density at radius 3 is 2.75 bits per heavy atom. The second-order valence-electron chi connectivity index (χ2n) is 3.81. The van der Waals surface area contributed by atoms with Gasteiger partial charge in [0.2, 0.25) is 0 Å². The third kappa shape index (κ3) is 2.49. The summed E-state index contributed by atoms with van der Waals surface area (Å²) in [5, 5.41) is 3.25. The molecule has 0 bridgehead atoms. The van der Waals surface area contributed by atoms with E-state index in [0.29, 0.717) is 0 Å². The average Bonchev–Trinajstić information content (AvgIpc) is 2.74. The van der Waals surface area contributed by atoms with Crippen molar-refractivity contribution in [3.05, 3.63) is 53.7 Å². The molecule has 0 aliphatic heterocycles. The van der Waals surface area contributed by atoms with Gasteiger partial charge in [-0.3, -0.25) is 4.98 Å². The Morgan fingerprint density at radius 1 is 1.31 bits per heavy atom. The summed E-state index contributed by atoms with van der Waals surface area (Å²) in [4.78, 5) is 4.32. The molecule has 1 N–H and O–H groups in total. The number of rotatable bonds is 4. The largest absolute Gasteiger partial charge is 0.465 e. The maximum Gasteiger partial charge on any atom is 0.121 e.